The molecule has 154 valence electrons. The molecule has 6 rings (SSSR count). The summed E-state index contributed by atoms with van der Waals surface area (Å²) in [5.41, 5.74) is 6.60. The molecule has 2 heteroatoms. The van der Waals surface area contributed by atoms with Gasteiger partial charge in [-0.25, -0.2) is 0 Å². The number of hydrogen-bond donors (Lipinski definition) is 1. The number of aliphatic hydroxyl groups excluding tert-OH is 1. The number of hydrogen-bond acceptors (Lipinski definition) is 2. The maximum Gasteiger partial charge on any atom is 0.0646 e. The van der Waals surface area contributed by atoms with Crippen LogP contribution >= 0.6 is 0 Å². The van der Waals surface area contributed by atoms with Crippen molar-refractivity contribution in [1.29, 1.82) is 0 Å². The van der Waals surface area contributed by atoms with Crippen LogP contribution in [0.4, 0.5) is 0 Å². The SMILES string of the molecule is C[C@]12CC[C@@H](O)C[C@@H]1CC[C@@H]1[C@@H]2CC[C@]2(C)C(c3ccc4c(c3)CN=C4)=CC[C@@H]12. The lowest BCUT2D eigenvalue weighted by molar-refractivity contribution is -0.115. The normalized spacial score (nSPS) is 45.2. The van der Waals surface area contributed by atoms with Crippen molar-refractivity contribution in [2.75, 3.05) is 0 Å². The second-order valence-corrected chi connectivity index (χ2v) is 11.3. The van der Waals surface area contributed by atoms with Crippen molar-refractivity contribution in [3.63, 3.8) is 0 Å². The zero-order chi connectivity index (χ0) is 19.8. The molecule has 0 unspecified atom stereocenters. The molecule has 1 N–H and O–H groups in total. The fraction of sp³-hybridized carbons (Fsp3) is 0.667. The lowest BCUT2D eigenvalue weighted by Gasteiger charge is -2.60. The number of fused-ring (bicyclic) bond motifs is 6. The number of allylic oxidation sites excluding steroid dienone is 2. The predicted molar refractivity (Wildman–Crippen MR) is 119 cm³/mol. The van der Waals surface area contributed by atoms with Gasteiger partial charge in [-0.1, -0.05) is 32.1 Å². The van der Waals surface area contributed by atoms with Crippen molar-refractivity contribution in [3.05, 3.63) is 41.0 Å². The average molecular weight is 390 g/mol. The molecule has 0 spiro atoms. The van der Waals surface area contributed by atoms with E-state index in [0.717, 1.165) is 43.1 Å². The standard InChI is InChI=1S/C27H35NO/c1-26-11-9-21(29)14-20(26)5-6-22-24-8-7-23(27(24,2)12-10-25(22)26)17-3-4-18-15-28-16-19(18)13-17/h3-4,7,13,15,20-22,24-25,29H,5-6,8-12,14,16H2,1-2H3/t20-,21+,22-,24-,25-,26-,27+/m0/s1. The minimum atomic E-state index is -0.0398. The van der Waals surface area contributed by atoms with Crippen LogP contribution in [0.3, 0.4) is 0 Å². The molecule has 3 saturated carbocycles. The lowest BCUT2D eigenvalue weighted by Crippen LogP contribution is -2.53. The topological polar surface area (TPSA) is 32.6 Å². The van der Waals surface area contributed by atoms with Gasteiger partial charge in [-0.3, -0.25) is 4.99 Å². The molecule has 0 radical (unpaired) electrons. The number of benzene rings is 1. The Morgan fingerprint density at radius 2 is 1.93 bits per heavy atom. The highest BCUT2D eigenvalue weighted by atomic mass is 16.3. The Morgan fingerprint density at radius 1 is 1.03 bits per heavy atom. The van der Waals surface area contributed by atoms with Crippen molar-refractivity contribution in [2.24, 2.45) is 39.5 Å². The van der Waals surface area contributed by atoms with Crippen LogP contribution in [0.25, 0.3) is 5.57 Å². The van der Waals surface area contributed by atoms with Gasteiger partial charge in [0.1, 0.15) is 0 Å². The van der Waals surface area contributed by atoms with Gasteiger partial charge < -0.3 is 5.11 Å². The molecule has 0 aromatic heterocycles. The molecule has 1 heterocycles. The second-order valence-electron chi connectivity index (χ2n) is 11.3. The van der Waals surface area contributed by atoms with Crippen LogP contribution in [0.1, 0.15) is 81.9 Å². The van der Waals surface area contributed by atoms with Crippen molar-refractivity contribution in [2.45, 2.75) is 77.9 Å². The van der Waals surface area contributed by atoms with E-state index < -0.39 is 0 Å². The third kappa shape index (κ3) is 2.54. The molecule has 4 aliphatic carbocycles. The van der Waals surface area contributed by atoms with Crippen molar-refractivity contribution >= 4 is 11.8 Å². The maximum atomic E-state index is 10.3. The van der Waals surface area contributed by atoms with Crippen LogP contribution in [-0.4, -0.2) is 17.4 Å². The number of aliphatic imine (C=N–C) groups is 1. The predicted octanol–water partition coefficient (Wildman–Crippen LogP) is 6.02. The zero-order valence-electron chi connectivity index (χ0n) is 18.0. The van der Waals surface area contributed by atoms with Crippen LogP contribution < -0.4 is 0 Å². The van der Waals surface area contributed by atoms with Gasteiger partial charge in [0.2, 0.25) is 0 Å². The first-order valence-corrected chi connectivity index (χ1v) is 12.0. The largest absolute Gasteiger partial charge is 0.393 e. The van der Waals surface area contributed by atoms with E-state index in [2.05, 4.69) is 43.1 Å². The zero-order valence-corrected chi connectivity index (χ0v) is 18.0. The second kappa shape index (κ2) is 6.30. The summed E-state index contributed by atoms with van der Waals surface area (Å²) in [5.74, 6) is 3.30. The molecule has 5 aliphatic rings. The van der Waals surface area contributed by atoms with Crippen molar-refractivity contribution in [1.82, 2.24) is 0 Å². The van der Waals surface area contributed by atoms with Crippen LogP contribution in [0.15, 0.2) is 29.3 Å². The van der Waals surface area contributed by atoms with Gasteiger partial charge in [-0.2, -0.15) is 0 Å². The number of aliphatic hydroxyl groups is 1. The molecule has 29 heavy (non-hydrogen) atoms. The van der Waals surface area contributed by atoms with E-state index >= 15 is 0 Å². The van der Waals surface area contributed by atoms with E-state index in [4.69, 9.17) is 0 Å². The molecule has 1 aliphatic heterocycles. The van der Waals surface area contributed by atoms with E-state index in [-0.39, 0.29) is 6.10 Å². The van der Waals surface area contributed by atoms with Crippen LogP contribution in [0, 0.1) is 34.5 Å². The van der Waals surface area contributed by atoms with Crippen molar-refractivity contribution in [3.8, 4) is 0 Å². The Bertz CT molecular complexity index is 900. The third-order valence-corrected chi connectivity index (χ3v) is 10.2. The smallest absolute Gasteiger partial charge is 0.0646 e. The fourth-order valence-electron chi connectivity index (χ4n) is 8.53. The lowest BCUT2D eigenvalue weighted by atomic mass is 9.44. The summed E-state index contributed by atoms with van der Waals surface area (Å²) in [6.07, 6.45) is 14.6. The minimum absolute atomic E-state index is 0.0398. The summed E-state index contributed by atoms with van der Waals surface area (Å²) < 4.78 is 0. The highest BCUT2D eigenvalue weighted by Crippen LogP contribution is 2.67. The Balaban J connectivity index is 1.30. The fourth-order valence-corrected chi connectivity index (χ4v) is 8.53. The molecule has 0 bridgehead atoms. The summed E-state index contributed by atoms with van der Waals surface area (Å²) in [7, 11) is 0. The van der Waals surface area contributed by atoms with Gasteiger partial charge in [0.15, 0.2) is 0 Å². The average Bonchev–Trinajstić information content (AvgIpc) is 3.31. The molecule has 7 atom stereocenters. The van der Waals surface area contributed by atoms with Gasteiger partial charge in [0.25, 0.3) is 0 Å². The summed E-state index contributed by atoms with van der Waals surface area (Å²) in [6.45, 7) is 6.02. The van der Waals surface area contributed by atoms with E-state index in [0.29, 0.717) is 10.8 Å². The molecule has 1 aromatic rings. The highest BCUT2D eigenvalue weighted by Gasteiger charge is 2.58. The van der Waals surface area contributed by atoms with Crippen LogP contribution in [0.5, 0.6) is 0 Å². The van der Waals surface area contributed by atoms with E-state index in [1.54, 1.807) is 5.57 Å². The van der Waals surface area contributed by atoms with Gasteiger partial charge in [0.05, 0.1) is 12.6 Å². The molecule has 2 nitrogen and oxygen atoms in total. The summed E-state index contributed by atoms with van der Waals surface area (Å²) in [4.78, 5) is 4.46. The molecule has 0 saturated heterocycles. The van der Waals surface area contributed by atoms with Crippen molar-refractivity contribution < 1.29 is 5.11 Å². The monoisotopic (exact) mass is 389 g/mol. The molecule has 3 fully saturated rings. The van der Waals surface area contributed by atoms with Gasteiger partial charge in [-0.05, 0) is 114 Å². The maximum absolute atomic E-state index is 10.3. The molecular weight excluding hydrogens is 354 g/mol. The first-order chi connectivity index (χ1) is 14.0. The summed E-state index contributed by atoms with van der Waals surface area (Å²) in [6, 6.07) is 7.06. The first-order valence-electron chi connectivity index (χ1n) is 12.0. The first kappa shape index (κ1) is 18.4. The van der Waals surface area contributed by atoms with E-state index in [9.17, 15) is 5.11 Å². The third-order valence-electron chi connectivity index (χ3n) is 10.2. The van der Waals surface area contributed by atoms with Gasteiger partial charge in [0, 0.05) is 6.21 Å². The molecule has 0 amide bonds. The Morgan fingerprint density at radius 3 is 2.83 bits per heavy atom. The Labute approximate surface area is 175 Å². The molecular formula is C27H35NO. The van der Waals surface area contributed by atoms with Crippen LogP contribution in [-0.2, 0) is 6.54 Å². The van der Waals surface area contributed by atoms with E-state index in [1.807, 2.05) is 6.21 Å². The highest BCUT2D eigenvalue weighted by molar-refractivity contribution is 5.86. The summed E-state index contributed by atoms with van der Waals surface area (Å²) in [5, 5.41) is 10.3. The quantitative estimate of drug-likeness (QED) is 0.626. The van der Waals surface area contributed by atoms with Crippen LogP contribution in [0.2, 0.25) is 0 Å². The van der Waals surface area contributed by atoms with Gasteiger partial charge >= 0.3 is 0 Å². The van der Waals surface area contributed by atoms with E-state index in [1.165, 1.54) is 55.2 Å². The Kier molecular flexibility index (Phi) is 3.99. The summed E-state index contributed by atoms with van der Waals surface area (Å²) >= 11 is 0. The number of nitrogens with zero attached hydrogens (tertiary/aromatic N) is 1. The minimum Gasteiger partial charge on any atom is -0.393 e. The Hall–Kier alpha value is -1.41. The number of rotatable bonds is 1. The van der Waals surface area contributed by atoms with Gasteiger partial charge in [-0.15, -0.1) is 0 Å². The molecule has 1 aromatic carbocycles.